The van der Waals surface area contributed by atoms with Crippen molar-refractivity contribution in [1.29, 1.82) is 0 Å². The van der Waals surface area contributed by atoms with Gasteiger partial charge in [-0.05, 0) is 42.5 Å². The van der Waals surface area contributed by atoms with Crippen molar-refractivity contribution in [1.82, 2.24) is 4.72 Å². The fourth-order valence-electron chi connectivity index (χ4n) is 2.40. The lowest BCUT2D eigenvalue weighted by Gasteiger charge is -2.22. The molecule has 24 heavy (non-hydrogen) atoms. The molecule has 0 aliphatic heterocycles. The topological polar surface area (TPSA) is 59.8 Å². The number of halogens is 1. The van der Waals surface area contributed by atoms with E-state index in [1.807, 2.05) is 38.4 Å². The van der Waals surface area contributed by atoms with E-state index in [0.29, 0.717) is 6.54 Å². The highest BCUT2D eigenvalue weighted by Gasteiger charge is 2.22. The Bertz CT molecular complexity index is 777. The first-order chi connectivity index (χ1) is 11.3. The molecule has 0 spiro atoms. The number of benzene rings is 2. The zero-order valence-electron chi connectivity index (χ0n) is 13.9. The average molecular weight is 414 g/mol. The molecule has 0 unspecified atom stereocenters. The van der Waals surface area contributed by atoms with Crippen molar-refractivity contribution in [3.63, 3.8) is 0 Å². The van der Waals surface area contributed by atoms with Crippen LogP contribution in [0.2, 0.25) is 0 Å². The minimum atomic E-state index is -3.55. The van der Waals surface area contributed by atoms with Gasteiger partial charge in [0.25, 0.3) is 0 Å². The minimum Gasteiger partial charge on any atom is -0.497 e. The van der Waals surface area contributed by atoms with Gasteiger partial charge in [-0.2, -0.15) is 0 Å². The van der Waals surface area contributed by atoms with E-state index >= 15 is 0 Å². The van der Waals surface area contributed by atoms with Crippen molar-refractivity contribution in [3.05, 3.63) is 58.6 Å². The lowest BCUT2D eigenvalue weighted by atomic mass is 10.1. The molecule has 0 heterocycles. The molecule has 2 aromatic carbocycles. The van der Waals surface area contributed by atoms with Gasteiger partial charge in [-0.25, -0.2) is 13.1 Å². The standard InChI is InChI=1S/C17H21BrN2O3S/c1-20(2)17(13-7-9-15(23-3)10-8-13)12-19-24(21,22)16-6-4-5-14(18)11-16/h4-11,17,19H,12H2,1-3H3/p+1/t17-/m0/s1. The highest BCUT2D eigenvalue weighted by molar-refractivity contribution is 9.10. The minimum absolute atomic E-state index is 0.00201. The third-order valence-electron chi connectivity index (χ3n) is 3.80. The zero-order valence-corrected chi connectivity index (χ0v) is 16.3. The van der Waals surface area contributed by atoms with Crippen LogP contribution in [-0.4, -0.2) is 36.2 Å². The molecular formula is C17H22BrN2O3S+. The summed E-state index contributed by atoms with van der Waals surface area (Å²) in [5.41, 5.74) is 1.05. The van der Waals surface area contributed by atoms with Crippen LogP contribution in [0.15, 0.2) is 57.9 Å². The quantitative estimate of drug-likeness (QED) is 0.724. The molecule has 2 aromatic rings. The van der Waals surface area contributed by atoms with Crippen molar-refractivity contribution >= 4 is 26.0 Å². The normalized spacial score (nSPS) is 13.0. The molecule has 0 aromatic heterocycles. The SMILES string of the molecule is COc1ccc([C@H](CNS(=O)(=O)c2cccc(Br)c2)[NH+](C)C)cc1. The number of methoxy groups -OCH3 is 1. The number of rotatable bonds is 7. The number of quaternary nitrogens is 1. The maximum Gasteiger partial charge on any atom is 0.240 e. The predicted octanol–water partition coefficient (Wildman–Crippen LogP) is 1.62. The van der Waals surface area contributed by atoms with Crippen LogP contribution in [0.1, 0.15) is 11.6 Å². The molecule has 2 rings (SSSR count). The summed E-state index contributed by atoms with van der Waals surface area (Å²) in [5, 5.41) is 0. The van der Waals surface area contributed by atoms with Gasteiger partial charge >= 0.3 is 0 Å². The molecule has 7 heteroatoms. The smallest absolute Gasteiger partial charge is 0.240 e. The van der Waals surface area contributed by atoms with Crippen LogP contribution in [0.5, 0.6) is 5.75 Å². The summed E-state index contributed by atoms with van der Waals surface area (Å²) >= 11 is 3.30. The maximum atomic E-state index is 12.5. The Morgan fingerprint density at radius 3 is 2.38 bits per heavy atom. The Labute approximate surface area is 151 Å². The first-order valence-corrected chi connectivity index (χ1v) is 9.80. The molecule has 5 nitrogen and oxygen atoms in total. The molecular weight excluding hydrogens is 392 g/mol. The second-order valence-electron chi connectivity index (χ2n) is 5.71. The Hall–Kier alpha value is -1.41. The molecule has 1 atom stereocenters. The summed E-state index contributed by atoms with van der Waals surface area (Å²) in [6.07, 6.45) is 0. The molecule has 0 aliphatic carbocycles. The number of nitrogens with one attached hydrogen (secondary N) is 2. The Balaban J connectivity index is 2.16. The van der Waals surface area contributed by atoms with Gasteiger partial charge in [0.2, 0.25) is 10.0 Å². The average Bonchev–Trinajstić information content (AvgIpc) is 2.55. The summed E-state index contributed by atoms with van der Waals surface area (Å²) in [6.45, 7) is 0.309. The lowest BCUT2D eigenvalue weighted by molar-refractivity contribution is -0.890. The van der Waals surface area contributed by atoms with E-state index in [0.717, 1.165) is 20.7 Å². The molecule has 2 N–H and O–H groups in total. The van der Waals surface area contributed by atoms with Gasteiger partial charge in [-0.3, -0.25) is 0 Å². The summed E-state index contributed by atoms with van der Waals surface area (Å²) in [7, 11) is 2.08. The zero-order chi connectivity index (χ0) is 17.7. The van der Waals surface area contributed by atoms with E-state index in [9.17, 15) is 8.42 Å². The number of likely N-dealkylation sites (N-methyl/N-ethyl adjacent to an activating group) is 1. The van der Waals surface area contributed by atoms with Crippen molar-refractivity contribution in [2.75, 3.05) is 27.7 Å². The third-order valence-corrected chi connectivity index (χ3v) is 5.71. The van der Waals surface area contributed by atoms with Gasteiger partial charge in [-0.1, -0.05) is 22.0 Å². The van der Waals surface area contributed by atoms with Crippen LogP contribution >= 0.6 is 15.9 Å². The second-order valence-corrected chi connectivity index (χ2v) is 8.39. The van der Waals surface area contributed by atoms with E-state index in [4.69, 9.17) is 4.74 Å². The second kappa shape index (κ2) is 8.11. The molecule has 0 fully saturated rings. The van der Waals surface area contributed by atoms with Crippen LogP contribution in [0, 0.1) is 0 Å². The van der Waals surface area contributed by atoms with Crippen LogP contribution in [0.4, 0.5) is 0 Å². The van der Waals surface area contributed by atoms with Crippen LogP contribution < -0.4 is 14.4 Å². The predicted molar refractivity (Wildman–Crippen MR) is 97.9 cm³/mol. The molecule has 130 valence electrons. The van der Waals surface area contributed by atoms with Gasteiger partial charge in [0, 0.05) is 10.0 Å². The monoisotopic (exact) mass is 413 g/mol. The van der Waals surface area contributed by atoms with Crippen molar-refractivity contribution in [2.24, 2.45) is 0 Å². The van der Waals surface area contributed by atoms with E-state index in [-0.39, 0.29) is 10.9 Å². The summed E-state index contributed by atoms with van der Waals surface area (Å²) in [6, 6.07) is 14.4. The van der Waals surface area contributed by atoms with Crippen LogP contribution in [0.3, 0.4) is 0 Å². The van der Waals surface area contributed by atoms with Gasteiger partial charge in [-0.15, -0.1) is 0 Å². The Kier molecular flexibility index (Phi) is 6.40. The fraction of sp³-hybridized carbons (Fsp3) is 0.294. The van der Waals surface area contributed by atoms with Gasteiger partial charge in [0.05, 0.1) is 32.6 Å². The Morgan fingerprint density at radius 2 is 1.83 bits per heavy atom. The fourth-order valence-corrected chi connectivity index (χ4v) is 4.05. The van der Waals surface area contributed by atoms with Gasteiger partial charge < -0.3 is 9.64 Å². The largest absolute Gasteiger partial charge is 0.497 e. The third kappa shape index (κ3) is 4.80. The van der Waals surface area contributed by atoms with Gasteiger partial charge in [0.15, 0.2) is 0 Å². The highest BCUT2D eigenvalue weighted by atomic mass is 79.9. The lowest BCUT2D eigenvalue weighted by Crippen LogP contribution is -3.07. The molecule has 0 saturated carbocycles. The summed E-state index contributed by atoms with van der Waals surface area (Å²) < 4.78 is 33.6. The first kappa shape index (κ1) is 18.9. The molecule has 0 bridgehead atoms. The van der Waals surface area contributed by atoms with E-state index in [2.05, 4.69) is 20.7 Å². The van der Waals surface area contributed by atoms with E-state index < -0.39 is 10.0 Å². The summed E-state index contributed by atoms with van der Waals surface area (Å²) in [4.78, 5) is 1.39. The number of sulfonamides is 1. The Morgan fingerprint density at radius 1 is 1.17 bits per heavy atom. The van der Waals surface area contributed by atoms with Crippen LogP contribution in [-0.2, 0) is 10.0 Å². The first-order valence-electron chi connectivity index (χ1n) is 7.52. The molecule has 0 aliphatic rings. The number of hydrogen-bond acceptors (Lipinski definition) is 3. The number of ether oxygens (including phenoxy) is 1. The van der Waals surface area contributed by atoms with Crippen molar-refractivity contribution < 1.29 is 18.1 Å². The number of hydrogen-bond donors (Lipinski definition) is 2. The van der Waals surface area contributed by atoms with Crippen molar-refractivity contribution in [3.8, 4) is 5.75 Å². The van der Waals surface area contributed by atoms with E-state index in [1.165, 1.54) is 0 Å². The molecule has 0 amide bonds. The molecule has 0 radical (unpaired) electrons. The maximum absolute atomic E-state index is 12.5. The van der Waals surface area contributed by atoms with Crippen molar-refractivity contribution in [2.45, 2.75) is 10.9 Å². The van der Waals surface area contributed by atoms with E-state index in [1.54, 1.807) is 31.4 Å². The van der Waals surface area contributed by atoms with Gasteiger partial charge in [0.1, 0.15) is 11.8 Å². The van der Waals surface area contributed by atoms with Crippen LogP contribution in [0.25, 0.3) is 0 Å². The highest BCUT2D eigenvalue weighted by Crippen LogP contribution is 2.18. The summed E-state index contributed by atoms with van der Waals surface area (Å²) in [5.74, 6) is 0.779. The molecule has 0 saturated heterocycles.